The number of aryl methyl sites for hydroxylation is 1. The number of nitrogens with one attached hydrogen (secondary N) is 2. The number of halogens is 2. The molecule has 0 bridgehead atoms. The number of ether oxygens (including phenoxy) is 1. The number of carbonyl (C=O) groups excluding carboxylic acids is 3. The lowest BCUT2D eigenvalue weighted by molar-refractivity contribution is -0.127. The zero-order valence-corrected chi connectivity index (χ0v) is 23.0. The van der Waals surface area contributed by atoms with Gasteiger partial charge in [0, 0.05) is 22.1 Å². The molecule has 0 spiro atoms. The molecule has 1 aliphatic rings. The van der Waals surface area contributed by atoms with E-state index in [1.807, 2.05) is 73.0 Å². The van der Waals surface area contributed by atoms with Crippen LogP contribution in [0.5, 0.6) is 5.75 Å². The van der Waals surface area contributed by atoms with Gasteiger partial charge in [0.25, 0.3) is 5.91 Å². The van der Waals surface area contributed by atoms with Gasteiger partial charge < -0.3 is 19.9 Å². The molecule has 2 N–H and O–H groups in total. The molecule has 1 aromatic heterocycles. The summed E-state index contributed by atoms with van der Waals surface area (Å²) in [6, 6.07) is 21.9. The Hall–Kier alpha value is -4.89. The van der Waals surface area contributed by atoms with Crippen molar-refractivity contribution in [2.45, 2.75) is 20.5 Å². The quantitative estimate of drug-likeness (QED) is 0.200. The van der Waals surface area contributed by atoms with Gasteiger partial charge in [0.05, 0.1) is 5.69 Å². The first-order valence-electron chi connectivity index (χ1n) is 12.7. The van der Waals surface area contributed by atoms with Crippen LogP contribution in [0.2, 0.25) is 5.02 Å². The predicted octanol–water partition coefficient (Wildman–Crippen LogP) is 6.00. The van der Waals surface area contributed by atoms with Crippen LogP contribution in [0.1, 0.15) is 22.5 Å². The van der Waals surface area contributed by atoms with Gasteiger partial charge in [-0.25, -0.2) is 14.1 Å². The highest BCUT2D eigenvalue weighted by molar-refractivity contribution is 6.30. The van der Waals surface area contributed by atoms with Crippen LogP contribution < -0.4 is 15.4 Å². The lowest BCUT2D eigenvalue weighted by Crippen LogP contribution is -2.38. The number of anilines is 1. The van der Waals surface area contributed by atoms with Crippen LogP contribution in [0.4, 0.5) is 14.9 Å². The van der Waals surface area contributed by atoms with E-state index in [0.29, 0.717) is 17.4 Å². The number of urea groups is 1. The van der Waals surface area contributed by atoms with Gasteiger partial charge in [-0.05, 0) is 85.6 Å². The number of para-hydroxylation sites is 1. The number of nitrogens with zero attached hydrogens (tertiary/aromatic N) is 2. The van der Waals surface area contributed by atoms with Gasteiger partial charge in [-0.3, -0.25) is 9.59 Å². The average Bonchev–Trinajstić information content (AvgIpc) is 3.38. The number of carbonyl (C=O) groups is 3. The third-order valence-corrected chi connectivity index (χ3v) is 6.85. The van der Waals surface area contributed by atoms with Crippen molar-refractivity contribution >= 4 is 41.2 Å². The van der Waals surface area contributed by atoms with Crippen molar-refractivity contribution in [3.05, 3.63) is 118 Å². The Morgan fingerprint density at radius 3 is 2.44 bits per heavy atom. The third-order valence-electron chi connectivity index (χ3n) is 6.60. The molecule has 41 heavy (non-hydrogen) atoms. The van der Waals surface area contributed by atoms with E-state index in [0.717, 1.165) is 33.1 Å². The van der Waals surface area contributed by atoms with Crippen LogP contribution in [0.15, 0.2) is 84.6 Å². The molecule has 1 fully saturated rings. The summed E-state index contributed by atoms with van der Waals surface area (Å²) < 4.78 is 21.8. The topological polar surface area (TPSA) is 92.7 Å². The number of rotatable bonds is 8. The van der Waals surface area contributed by atoms with Gasteiger partial charge in [0.2, 0.25) is 5.91 Å². The Balaban J connectivity index is 1.27. The lowest BCUT2D eigenvalue weighted by Gasteiger charge is -2.12. The second-order valence-corrected chi connectivity index (χ2v) is 9.91. The van der Waals surface area contributed by atoms with Crippen molar-refractivity contribution < 1.29 is 23.5 Å². The zero-order chi connectivity index (χ0) is 29.1. The molecule has 2 heterocycles. The molecule has 4 aromatic rings. The highest BCUT2D eigenvalue weighted by atomic mass is 35.5. The Kier molecular flexibility index (Phi) is 7.89. The molecule has 4 amide bonds. The lowest BCUT2D eigenvalue weighted by atomic mass is 10.2. The molecule has 208 valence electrons. The van der Waals surface area contributed by atoms with Crippen molar-refractivity contribution in [2.75, 3.05) is 11.9 Å². The van der Waals surface area contributed by atoms with E-state index in [1.54, 1.807) is 12.1 Å². The Morgan fingerprint density at radius 2 is 1.73 bits per heavy atom. The zero-order valence-electron chi connectivity index (χ0n) is 22.3. The number of benzene rings is 3. The molecule has 0 unspecified atom stereocenters. The Morgan fingerprint density at radius 1 is 1.02 bits per heavy atom. The largest absolute Gasteiger partial charge is 0.489 e. The van der Waals surface area contributed by atoms with Gasteiger partial charge in [-0.1, -0.05) is 35.9 Å². The fourth-order valence-corrected chi connectivity index (χ4v) is 4.66. The molecule has 8 nitrogen and oxygen atoms in total. The summed E-state index contributed by atoms with van der Waals surface area (Å²) in [7, 11) is 0. The summed E-state index contributed by atoms with van der Waals surface area (Å²) in [5.74, 6) is -1.25. The maximum Gasteiger partial charge on any atom is 0.329 e. The van der Waals surface area contributed by atoms with E-state index in [-0.39, 0.29) is 11.4 Å². The van der Waals surface area contributed by atoms with Crippen LogP contribution in [-0.2, 0) is 16.2 Å². The molecule has 0 radical (unpaired) electrons. The molecule has 0 atom stereocenters. The van der Waals surface area contributed by atoms with E-state index in [9.17, 15) is 18.8 Å². The summed E-state index contributed by atoms with van der Waals surface area (Å²) in [5, 5.41) is 5.58. The minimum atomic E-state index is -0.729. The van der Waals surface area contributed by atoms with Gasteiger partial charge in [0.15, 0.2) is 0 Å². The standard InChI is InChI=1S/C31H26ClFN4O4/c1-19-15-22(16-28-30(39)36(31(40)35-28)17-29(38)34-27-6-4-3-5-26(27)33)20(2)37(19)24-11-13-25(14-12-24)41-18-21-7-9-23(32)10-8-21/h3-16H,17-18H2,1-2H3,(H,34,38)(H,35,40)/b28-16+. The Labute approximate surface area is 241 Å². The first kappa shape index (κ1) is 27.7. The van der Waals surface area contributed by atoms with Gasteiger partial charge >= 0.3 is 6.03 Å². The van der Waals surface area contributed by atoms with Gasteiger partial charge in [-0.15, -0.1) is 0 Å². The SMILES string of the molecule is Cc1cc(/C=C2/NC(=O)N(CC(=O)Nc3ccccc3F)C2=O)c(C)n1-c1ccc(OCc2ccc(Cl)cc2)cc1. The van der Waals surface area contributed by atoms with E-state index in [2.05, 4.69) is 10.6 Å². The number of hydrogen-bond donors (Lipinski definition) is 2. The second-order valence-electron chi connectivity index (χ2n) is 9.48. The summed E-state index contributed by atoms with van der Waals surface area (Å²) >= 11 is 5.94. The summed E-state index contributed by atoms with van der Waals surface area (Å²) in [5.41, 5.74) is 4.41. The van der Waals surface area contributed by atoms with E-state index in [1.165, 1.54) is 18.2 Å². The molecule has 3 aromatic carbocycles. The van der Waals surface area contributed by atoms with Crippen molar-refractivity contribution in [3.63, 3.8) is 0 Å². The minimum Gasteiger partial charge on any atom is -0.489 e. The number of amides is 4. The molecular weight excluding hydrogens is 547 g/mol. The number of aromatic nitrogens is 1. The van der Waals surface area contributed by atoms with E-state index < -0.39 is 30.2 Å². The van der Waals surface area contributed by atoms with Crippen LogP contribution >= 0.6 is 11.6 Å². The molecular formula is C31H26ClFN4O4. The average molecular weight is 573 g/mol. The van der Waals surface area contributed by atoms with Crippen molar-refractivity contribution in [3.8, 4) is 11.4 Å². The van der Waals surface area contributed by atoms with Gasteiger partial charge in [0.1, 0.15) is 30.4 Å². The minimum absolute atomic E-state index is 0.0334. The first-order valence-corrected chi connectivity index (χ1v) is 13.1. The molecule has 1 saturated heterocycles. The summed E-state index contributed by atoms with van der Waals surface area (Å²) in [6.07, 6.45) is 1.58. The van der Waals surface area contributed by atoms with Crippen LogP contribution in [0, 0.1) is 19.7 Å². The summed E-state index contributed by atoms with van der Waals surface area (Å²) in [4.78, 5) is 38.6. The van der Waals surface area contributed by atoms with Crippen LogP contribution in [0.25, 0.3) is 11.8 Å². The normalized spacial score (nSPS) is 14.0. The van der Waals surface area contributed by atoms with Gasteiger partial charge in [-0.2, -0.15) is 0 Å². The van der Waals surface area contributed by atoms with E-state index >= 15 is 0 Å². The number of imide groups is 1. The third kappa shape index (κ3) is 6.15. The smallest absolute Gasteiger partial charge is 0.329 e. The molecule has 0 aliphatic carbocycles. The fourth-order valence-electron chi connectivity index (χ4n) is 4.54. The van der Waals surface area contributed by atoms with Crippen LogP contribution in [0.3, 0.4) is 0 Å². The monoisotopic (exact) mass is 572 g/mol. The molecule has 0 saturated carbocycles. The maximum atomic E-state index is 13.9. The fraction of sp³-hybridized carbons (Fsp3) is 0.129. The van der Waals surface area contributed by atoms with Crippen LogP contribution in [-0.4, -0.2) is 33.9 Å². The molecule has 1 aliphatic heterocycles. The summed E-state index contributed by atoms with van der Waals surface area (Å²) in [6.45, 7) is 3.71. The van der Waals surface area contributed by atoms with Crippen molar-refractivity contribution in [1.82, 2.24) is 14.8 Å². The predicted molar refractivity (Wildman–Crippen MR) is 154 cm³/mol. The molecule has 5 rings (SSSR count). The highest BCUT2D eigenvalue weighted by Crippen LogP contribution is 2.26. The van der Waals surface area contributed by atoms with E-state index in [4.69, 9.17) is 16.3 Å². The maximum absolute atomic E-state index is 13.9. The second kappa shape index (κ2) is 11.7. The van der Waals surface area contributed by atoms with Crippen molar-refractivity contribution in [2.24, 2.45) is 0 Å². The first-order chi connectivity index (χ1) is 19.7. The Bertz CT molecular complexity index is 1660. The number of hydrogen-bond acceptors (Lipinski definition) is 4. The molecule has 10 heteroatoms. The highest BCUT2D eigenvalue weighted by Gasteiger charge is 2.35. The van der Waals surface area contributed by atoms with Crippen molar-refractivity contribution in [1.29, 1.82) is 0 Å².